The second-order valence-corrected chi connectivity index (χ2v) is 8.55. The third-order valence-electron chi connectivity index (χ3n) is 6.02. The van der Waals surface area contributed by atoms with Crippen molar-refractivity contribution in [3.05, 3.63) is 57.8 Å². The first-order valence-corrected chi connectivity index (χ1v) is 10.7. The first-order chi connectivity index (χ1) is 13.1. The quantitative estimate of drug-likeness (QED) is 0.801. The predicted molar refractivity (Wildman–Crippen MR) is 108 cm³/mol. The average molecular weight is 383 g/mol. The van der Waals surface area contributed by atoms with Crippen LogP contribution >= 0.6 is 11.3 Å². The number of fused-ring (bicyclic) bond motifs is 1. The molecule has 0 radical (unpaired) electrons. The van der Waals surface area contributed by atoms with Gasteiger partial charge in [0, 0.05) is 26.1 Å². The molecule has 4 nitrogen and oxygen atoms in total. The fourth-order valence-corrected chi connectivity index (χ4v) is 5.15. The van der Waals surface area contributed by atoms with Crippen LogP contribution in [-0.4, -0.2) is 41.8 Å². The molecule has 0 bridgehead atoms. The normalized spacial score (nSPS) is 20.2. The van der Waals surface area contributed by atoms with Gasteiger partial charge in [0.05, 0.1) is 10.9 Å². The standard InChI is InChI=1S/C22H26N2O2S/c1-23(19-9-4-7-16-6-2-3-8-18(16)19)21(25)17-11-13-24(14-12-17)22(26)20-10-5-15-27-20/h2-3,5-6,8,10,15,17,19H,4,7,9,11-14H2,1H3/t19-/m1/s1. The molecular formula is C22H26N2O2S. The Bertz CT molecular complexity index is 809. The van der Waals surface area contributed by atoms with E-state index in [9.17, 15) is 9.59 Å². The Hall–Kier alpha value is -2.14. The van der Waals surface area contributed by atoms with Crippen molar-refractivity contribution in [2.45, 2.75) is 38.1 Å². The lowest BCUT2D eigenvalue weighted by atomic mass is 9.86. The molecule has 1 aromatic heterocycles. The Labute approximate surface area is 164 Å². The lowest BCUT2D eigenvalue weighted by Crippen LogP contribution is -2.44. The fourth-order valence-electron chi connectivity index (χ4n) is 4.46. The van der Waals surface area contributed by atoms with Gasteiger partial charge in [0.15, 0.2) is 0 Å². The van der Waals surface area contributed by atoms with Crippen molar-refractivity contribution in [3.63, 3.8) is 0 Å². The van der Waals surface area contributed by atoms with Crippen molar-refractivity contribution < 1.29 is 9.59 Å². The molecule has 0 spiro atoms. The lowest BCUT2D eigenvalue weighted by molar-refractivity contribution is -0.138. The molecule has 4 rings (SSSR count). The highest BCUT2D eigenvalue weighted by atomic mass is 32.1. The lowest BCUT2D eigenvalue weighted by Gasteiger charge is -2.37. The molecule has 0 saturated carbocycles. The van der Waals surface area contributed by atoms with Crippen LogP contribution in [0, 0.1) is 5.92 Å². The van der Waals surface area contributed by atoms with Crippen molar-refractivity contribution in [3.8, 4) is 0 Å². The molecule has 0 N–H and O–H groups in total. The van der Waals surface area contributed by atoms with E-state index in [-0.39, 0.29) is 23.8 Å². The number of nitrogens with zero attached hydrogens (tertiary/aromatic N) is 2. The molecule has 142 valence electrons. The van der Waals surface area contributed by atoms with Crippen LogP contribution in [0.2, 0.25) is 0 Å². The number of hydrogen-bond donors (Lipinski definition) is 0. The van der Waals surface area contributed by atoms with Crippen LogP contribution in [0.4, 0.5) is 0 Å². The van der Waals surface area contributed by atoms with Gasteiger partial charge in [-0.3, -0.25) is 9.59 Å². The molecule has 1 atom stereocenters. The topological polar surface area (TPSA) is 40.6 Å². The van der Waals surface area contributed by atoms with Crippen LogP contribution in [0.15, 0.2) is 41.8 Å². The van der Waals surface area contributed by atoms with Gasteiger partial charge in [-0.05, 0) is 54.7 Å². The molecule has 1 fully saturated rings. The summed E-state index contributed by atoms with van der Waals surface area (Å²) >= 11 is 1.48. The van der Waals surface area contributed by atoms with E-state index in [1.54, 1.807) is 0 Å². The fraction of sp³-hybridized carbons (Fsp3) is 0.455. The van der Waals surface area contributed by atoms with Crippen molar-refractivity contribution >= 4 is 23.2 Å². The Morgan fingerprint density at radius 1 is 1.07 bits per heavy atom. The first-order valence-electron chi connectivity index (χ1n) is 9.82. The number of benzene rings is 1. The van der Waals surface area contributed by atoms with E-state index < -0.39 is 0 Å². The van der Waals surface area contributed by atoms with Gasteiger partial charge in [0.1, 0.15) is 0 Å². The minimum atomic E-state index is 0.0245. The van der Waals surface area contributed by atoms with Gasteiger partial charge in [-0.25, -0.2) is 0 Å². The summed E-state index contributed by atoms with van der Waals surface area (Å²) in [6.07, 6.45) is 4.79. The van der Waals surface area contributed by atoms with Crippen LogP contribution < -0.4 is 0 Å². The van der Waals surface area contributed by atoms with Gasteiger partial charge >= 0.3 is 0 Å². The monoisotopic (exact) mass is 382 g/mol. The number of amides is 2. The molecule has 2 heterocycles. The van der Waals surface area contributed by atoms with E-state index in [0.717, 1.165) is 37.0 Å². The number of piperidine rings is 1. The summed E-state index contributed by atoms with van der Waals surface area (Å²) in [4.78, 5) is 30.3. The molecular weight excluding hydrogens is 356 g/mol. The van der Waals surface area contributed by atoms with E-state index in [4.69, 9.17) is 0 Å². The first kappa shape index (κ1) is 18.2. The summed E-state index contributed by atoms with van der Waals surface area (Å²) in [5, 5.41) is 1.93. The summed E-state index contributed by atoms with van der Waals surface area (Å²) in [6, 6.07) is 12.5. The number of carbonyl (C=O) groups is 2. The number of hydrogen-bond acceptors (Lipinski definition) is 3. The maximum absolute atomic E-state index is 13.1. The summed E-state index contributed by atoms with van der Waals surface area (Å²) in [5.74, 6) is 0.363. The highest BCUT2D eigenvalue weighted by molar-refractivity contribution is 7.12. The Kier molecular flexibility index (Phi) is 5.30. The predicted octanol–water partition coefficient (Wildman–Crippen LogP) is 4.14. The molecule has 1 aliphatic heterocycles. The second kappa shape index (κ2) is 7.85. The Morgan fingerprint density at radius 3 is 2.59 bits per heavy atom. The van der Waals surface area contributed by atoms with Gasteiger partial charge in [0.25, 0.3) is 5.91 Å². The Balaban J connectivity index is 1.39. The molecule has 1 aromatic carbocycles. The van der Waals surface area contributed by atoms with Gasteiger partial charge in [-0.15, -0.1) is 11.3 Å². The molecule has 1 saturated heterocycles. The number of thiophene rings is 1. The van der Waals surface area contributed by atoms with Crippen molar-refractivity contribution in [1.82, 2.24) is 9.80 Å². The van der Waals surface area contributed by atoms with Crippen LogP contribution in [-0.2, 0) is 11.2 Å². The zero-order valence-electron chi connectivity index (χ0n) is 15.8. The third-order valence-corrected chi connectivity index (χ3v) is 6.87. The maximum atomic E-state index is 13.1. The molecule has 27 heavy (non-hydrogen) atoms. The van der Waals surface area contributed by atoms with E-state index in [2.05, 4.69) is 24.3 Å². The van der Waals surface area contributed by atoms with Crippen molar-refractivity contribution in [1.29, 1.82) is 0 Å². The van der Waals surface area contributed by atoms with Crippen LogP contribution in [0.5, 0.6) is 0 Å². The molecule has 2 amide bonds. The molecule has 2 aromatic rings. The number of rotatable bonds is 3. The van der Waals surface area contributed by atoms with E-state index >= 15 is 0 Å². The number of likely N-dealkylation sites (tertiary alicyclic amines) is 1. The largest absolute Gasteiger partial charge is 0.338 e. The van der Waals surface area contributed by atoms with E-state index in [1.807, 2.05) is 34.4 Å². The van der Waals surface area contributed by atoms with Gasteiger partial charge in [-0.2, -0.15) is 0 Å². The van der Waals surface area contributed by atoms with E-state index in [0.29, 0.717) is 13.1 Å². The zero-order valence-corrected chi connectivity index (χ0v) is 16.6. The SMILES string of the molecule is CN(C(=O)C1CCN(C(=O)c2cccs2)CC1)[C@@H]1CCCc2ccccc21. The van der Waals surface area contributed by atoms with Crippen molar-refractivity contribution in [2.24, 2.45) is 5.92 Å². The third kappa shape index (κ3) is 3.65. The van der Waals surface area contributed by atoms with Gasteiger partial charge in [-0.1, -0.05) is 30.3 Å². The van der Waals surface area contributed by atoms with Crippen molar-refractivity contribution in [2.75, 3.05) is 20.1 Å². The Morgan fingerprint density at radius 2 is 1.85 bits per heavy atom. The number of aryl methyl sites for hydroxylation is 1. The smallest absolute Gasteiger partial charge is 0.263 e. The highest BCUT2D eigenvalue weighted by Crippen LogP contribution is 2.35. The molecule has 1 aliphatic carbocycles. The molecule has 0 unspecified atom stereocenters. The van der Waals surface area contributed by atoms with Gasteiger partial charge < -0.3 is 9.80 Å². The van der Waals surface area contributed by atoms with Gasteiger partial charge in [0.2, 0.25) is 5.91 Å². The molecule has 5 heteroatoms. The minimum absolute atomic E-state index is 0.0245. The summed E-state index contributed by atoms with van der Waals surface area (Å²) in [6.45, 7) is 1.34. The average Bonchev–Trinajstić information content (AvgIpc) is 3.27. The van der Waals surface area contributed by atoms with Crippen LogP contribution in [0.25, 0.3) is 0 Å². The summed E-state index contributed by atoms with van der Waals surface area (Å²) in [7, 11) is 1.96. The van der Waals surface area contributed by atoms with E-state index in [1.165, 1.54) is 22.5 Å². The van der Waals surface area contributed by atoms with Crippen LogP contribution in [0.1, 0.15) is 52.5 Å². The summed E-state index contributed by atoms with van der Waals surface area (Å²) in [5.41, 5.74) is 2.69. The second-order valence-electron chi connectivity index (χ2n) is 7.60. The minimum Gasteiger partial charge on any atom is -0.338 e. The zero-order chi connectivity index (χ0) is 18.8. The molecule has 2 aliphatic rings. The number of carbonyl (C=O) groups excluding carboxylic acids is 2. The maximum Gasteiger partial charge on any atom is 0.263 e. The highest BCUT2D eigenvalue weighted by Gasteiger charge is 2.33. The summed E-state index contributed by atoms with van der Waals surface area (Å²) < 4.78 is 0. The van der Waals surface area contributed by atoms with Crippen LogP contribution in [0.3, 0.4) is 0 Å².